The molecule has 2 atom stereocenters. The van der Waals surface area contributed by atoms with Crippen LogP contribution in [-0.4, -0.2) is 56.6 Å². The molecular weight excluding hydrogens is 212 g/mol. The van der Waals surface area contributed by atoms with Crippen LogP contribution in [0.5, 0.6) is 0 Å². The maximum Gasteiger partial charge on any atom is 0.211 e. The fourth-order valence-electron chi connectivity index (χ4n) is 2.95. The Kier molecular flexibility index (Phi) is 3.05. The van der Waals surface area contributed by atoms with E-state index in [4.69, 9.17) is 0 Å². The molecule has 0 aromatic rings. The van der Waals surface area contributed by atoms with Gasteiger partial charge in [0.15, 0.2) is 0 Å². The van der Waals surface area contributed by atoms with Crippen molar-refractivity contribution in [1.29, 1.82) is 0 Å². The number of hydrogen-bond donors (Lipinski definition) is 0. The van der Waals surface area contributed by atoms with Crippen molar-refractivity contribution in [3.8, 4) is 0 Å². The van der Waals surface area contributed by atoms with E-state index < -0.39 is 10.0 Å². The molecule has 2 aliphatic rings. The van der Waals surface area contributed by atoms with Crippen molar-refractivity contribution in [1.82, 2.24) is 9.21 Å². The van der Waals surface area contributed by atoms with Gasteiger partial charge in [0.2, 0.25) is 10.0 Å². The van der Waals surface area contributed by atoms with Gasteiger partial charge in [-0.05, 0) is 38.8 Å². The lowest BCUT2D eigenvalue weighted by Gasteiger charge is -2.45. The Balaban J connectivity index is 2.15. The normalized spacial score (nSPS) is 35.1. The molecule has 0 aliphatic carbocycles. The number of likely N-dealkylation sites (tertiary alicyclic amines) is 1. The van der Waals surface area contributed by atoms with Crippen LogP contribution in [0.4, 0.5) is 0 Å². The Hall–Kier alpha value is -0.130. The summed E-state index contributed by atoms with van der Waals surface area (Å²) in [5.41, 5.74) is 0. The fraction of sp³-hybridized carbons (Fsp3) is 1.00. The number of nitrogens with zero attached hydrogens (tertiary/aromatic N) is 2. The number of sulfonamides is 1. The Bertz CT molecular complexity index is 328. The zero-order valence-electron chi connectivity index (χ0n) is 9.52. The van der Waals surface area contributed by atoms with Gasteiger partial charge in [0.25, 0.3) is 0 Å². The summed E-state index contributed by atoms with van der Waals surface area (Å²) in [5.74, 6) is 0.548. The molecule has 2 unspecified atom stereocenters. The highest BCUT2D eigenvalue weighted by molar-refractivity contribution is 7.88. The lowest BCUT2D eigenvalue weighted by molar-refractivity contribution is 0.0825. The van der Waals surface area contributed by atoms with Crippen molar-refractivity contribution in [2.75, 3.05) is 32.9 Å². The third-order valence-electron chi connectivity index (χ3n) is 3.65. The number of rotatable bonds is 1. The van der Waals surface area contributed by atoms with Gasteiger partial charge in [-0.2, -0.15) is 4.31 Å². The summed E-state index contributed by atoms with van der Waals surface area (Å²) < 4.78 is 25.0. The molecule has 2 rings (SSSR count). The molecular formula is C10H20N2O2S. The van der Waals surface area contributed by atoms with Crippen LogP contribution in [-0.2, 0) is 10.0 Å². The predicted octanol–water partition coefficient (Wildman–Crippen LogP) is 0.362. The van der Waals surface area contributed by atoms with Gasteiger partial charge in [-0.1, -0.05) is 0 Å². The summed E-state index contributed by atoms with van der Waals surface area (Å²) >= 11 is 0. The minimum Gasteiger partial charge on any atom is -0.306 e. The van der Waals surface area contributed by atoms with E-state index in [1.54, 1.807) is 4.31 Å². The molecule has 0 amide bonds. The molecule has 2 saturated heterocycles. The average Bonchev–Trinajstić information content (AvgIpc) is 2.15. The van der Waals surface area contributed by atoms with E-state index in [1.807, 2.05) is 0 Å². The first-order valence-electron chi connectivity index (χ1n) is 5.64. The Labute approximate surface area is 92.3 Å². The zero-order chi connectivity index (χ0) is 11.1. The molecule has 0 N–H and O–H groups in total. The maximum absolute atomic E-state index is 11.6. The van der Waals surface area contributed by atoms with Gasteiger partial charge >= 0.3 is 0 Å². The molecule has 0 saturated carbocycles. The summed E-state index contributed by atoms with van der Waals surface area (Å²) in [6, 6.07) is 0.268. The van der Waals surface area contributed by atoms with E-state index in [9.17, 15) is 8.42 Å². The lowest BCUT2D eigenvalue weighted by atomic mass is 9.86. The minimum atomic E-state index is -3.00. The van der Waals surface area contributed by atoms with Crippen molar-refractivity contribution in [2.24, 2.45) is 5.92 Å². The van der Waals surface area contributed by atoms with Crippen molar-refractivity contribution in [3.05, 3.63) is 0 Å². The molecule has 0 spiro atoms. The summed E-state index contributed by atoms with van der Waals surface area (Å²) in [6.07, 6.45) is 4.53. The third kappa shape index (κ3) is 2.34. The number of hydrogen-bond acceptors (Lipinski definition) is 3. The van der Waals surface area contributed by atoms with E-state index in [-0.39, 0.29) is 6.04 Å². The molecule has 5 heteroatoms. The Morgan fingerprint density at radius 1 is 1.20 bits per heavy atom. The Morgan fingerprint density at radius 3 is 2.60 bits per heavy atom. The van der Waals surface area contributed by atoms with Crippen LogP contribution >= 0.6 is 0 Å². The first-order chi connectivity index (χ1) is 6.98. The quantitative estimate of drug-likeness (QED) is 0.655. The average molecular weight is 232 g/mol. The fourth-order valence-corrected chi connectivity index (χ4v) is 4.18. The van der Waals surface area contributed by atoms with Crippen LogP contribution in [0, 0.1) is 5.92 Å². The van der Waals surface area contributed by atoms with Crippen LogP contribution in [0.1, 0.15) is 19.3 Å². The number of fused-ring (bicyclic) bond motifs is 1. The zero-order valence-corrected chi connectivity index (χ0v) is 10.3. The Morgan fingerprint density at radius 2 is 1.93 bits per heavy atom. The summed E-state index contributed by atoms with van der Waals surface area (Å²) in [6.45, 7) is 2.80. The van der Waals surface area contributed by atoms with Crippen molar-refractivity contribution in [3.63, 3.8) is 0 Å². The van der Waals surface area contributed by atoms with Crippen molar-refractivity contribution < 1.29 is 8.42 Å². The second-order valence-corrected chi connectivity index (χ2v) is 6.83. The summed E-state index contributed by atoms with van der Waals surface area (Å²) in [5, 5.41) is 0. The summed E-state index contributed by atoms with van der Waals surface area (Å²) in [4.78, 5) is 2.31. The lowest BCUT2D eigenvalue weighted by Crippen LogP contribution is -2.54. The summed E-state index contributed by atoms with van der Waals surface area (Å²) in [7, 11) is -0.878. The molecule has 4 nitrogen and oxygen atoms in total. The predicted molar refractivity (Wildman–Crippen MR) is 60.2 cm³/mol. The third-order valence-corrected chi connectivity index (χ3v) is 4.95. The van der Waals surface area contributed by atoms with Crippen molar-refractivity contribution in [2.45, 2.75) is 25.3 Å². The SMILES string of the molecule is CN1CCC2C(CCCN2S(C)(=O)=O)C1. The van der Waals surface area contributed by atoms with E-state index in [1.165, 1.54) is 12.7 Å². The molecule has 0 aromatic heterocycles. The highest BCUT2D eigenvalue weighted by atomic mass is 32.2. The van der Waals surface area contributed by atoms with Crippen LogP contribution in [0.3, 0.4) is 0 Å². The molecule has 15 heavy (non-hydrogen) atoms. The second-order valence-electron chi connectivity index (χ2n) is 4.89. The first-order valence-corrected chi connectivity index (χ1v) is 7.48. The van der Waals surface area contributed by atoms with Gasteiger partial charge in [0.05, 0.1) is 6.26 Å². The topological polar surface area (TPSA) is 40.6 Å². The first kappa shape index (κ1) is 11.4. The van der Waals surface area contributed by atoms with Gasteiger partial charge in [0, 0.05) is 19.1 Å². The molecule has 2 aliphatic heterocycles. The van der Waals surface area contributed by atoms with Gasteiger partial charge < -0.3 is 4.90 Å². The molecule has 2 fully saturated rings. The highest BCUT2D eigenvalue weighted by Gasteiger charge is 2.38. The second kappa shape index (κ2) is 4.03. The van der Waals surface area contributed by atoms with Crippen LogP contribution < -0.4 is 0 Å². The molecule has 88 valence electrons. The van der Waals surface area contributed by atoms with Gasteiger partial charge in [-0.25, -0.2) is 8.42 Å². The van der Waals surface area contributed by atoms with Gasteiger partial charge in [-0.15, -0.1) is 0 Å². The maximum atomic E-state index is 11.6. The van der Waals surface area contributed by atoms with E-state index in [0.717, 1.165) is 32.5 Å². The monoisotopic (exact) mass is 232 g/mol. The number of piperidine rings is 2. The smallest absolute Gasteiger partial charge is 0.211 e. The standard InChI is InChI=1S/C10H20N2O2S/c1-11-7-5-10-9(8-11)4-3-6-12(10)15(2,13)14/h9-10H,3-8H2,1-2H3. The highest BCUT2D eigenvalue weighted by Crippen LogP contribution is 2.31. The van der Waals surface area contributed by atoms with E-state index in [2.05, 4.69) is 11.9 Å². The molecule has 0 aromatic carbocycles. The molecule has 0 radical (unpaired) electrons. The van der Waals surface area contributed by atoms with Gasteiger partial charge in [-0.3, -0.25) is 0 Å². The van der Waals surface area contributed by atoms with E-state index in [0.29, 0.717) is 5.92 Å². The van der Waals surface area contributed by atoms with Crippen LogP contribution in [0.25, 0.3) is 0 Å². The minimum absolute atomic E-state index is 0.268. The molecule has 2 heterocycles. The van der Waals surface area contributed by atoms with Crippen molar-refractivity contribution >= 4 is 10.0 Å². The van der Waals surface area contributed by atoms with Crippen LogP contribution in [0.2, 0.25) is 0 Å². The van der Waals surface area contributed by atoms with E-state index >= 15 is 0 Å². The van der Waals surface area contributed by atoms with Crippen LogP contribution in [0.15, 0.2) is 0 Å². The van der Waals surface area contributed by atoms with Gasteiger partial charge in [0.1, 0.15) is 0 Å². The molecule has 0 bridgehead atoms. The largest absolute Gasteiger partial charge is 0.306 e.